The van der Waals surface area contributed by atoms with E-state index in [0.29, 0.717) is 5.56 Å². The third kappa shape index (κ3) is 2.72. The molecule has 128 valence electrons. The summed E-state index contributed by atoms with van der Waals surface area (Å²) in [6.07, 6.45) is 6.24. The Hall–Kier alpha value is -2.93. The molecule has 0 radical (unpaired) electrons. The minimum absolute atomic E-state index is 0.0746. The molecule has 3 aromatic rings. The van der Waals surface area contributed by atoms with Crippen LogP contribution in [-0.4, -0.2) is 38.7 Å². The van der Waals surface area contributed by atoms with E-state index in [2.05, 4.69) is 31.4 Å². The Labute approximate surface area is 144 Å². The van der Waals surface area contributed by atoms with E-state index in [-0.39, 0.29) is 25.1 Å². The van der Waals surface area contributed by atoms with Crippen LogP contribution in [-0.2, 0) is 13.5 Å². The summed E-state index contributed by atoms with van der Waals surface area (Å²) in [5.74, 6) is 0.637. The molecule has 1 unspecified atom stereocenters. The first-order valence-electron chi connectivity index (χ1n) is 8.22. The molecule has 0 spiro atoms. The van der Waals surface area contributed by atoms with Gasteiger partial charge in [0.1, 0.15) is 5.82 Å². The number of aliphatic hydroxyl groups excluding tert-OH is 1. The molecule has 2 aromatic heterocycles. The second kappa shape index (κ2) is 6.18. The third-order valence-electron chi connectivity index (χ3n) is 4.54. The number of anilines is 1. The topological polar surface area (TPSA) is 92.1 Å². The highest BCUT2D eigenvalue weighted by Gasteiger charge is 2.26. The molecule has 7 nitrogen and oxygen atoms in total. The van der Waals surface area contributed by atoms with Crippen LogP contribution in [0.4, 0.5) is 5.82 Å². The van der Waals surface area contributed by atoms with Gasteiger partial charge >= 0.3 is 0 Å². The number of aromatic nitrogens is 3. The Morgan fingerprint density at radius 3 is 3.04 bits per heavy atom. The minimum atomic E-state index is -0.184. The van der Waals surface area contributed by atoms with Crippen LogP contribution in [0.2, 0.25) is 0 Å². The predicted molar refractivity (Wildman–Crippen MR) is 94.4 cm³/mol. The average molecular weight is 337 g/mol. The quantitative estimate of drug-likeness (QED) is 0.669. The number of benzene rings is 1. The van der Waals surface area contributed by atoms with Crippen molar-refractivity contribution in [3.05, 3.63) is 53.6 Å². The summed E-state index contributed by atoms with van der Waals surface area (Å²) in [5.41, 5.74) is 3.72. The molecule has 0 fully saturated rings. The maximum atomic E-state index is 12.2. The summed E-state index contributed by atoms with van der Waals surface area (Å²) in [7, 11) is 2.00. The molecule has 1 aliphatic heterocycles. The van der Waals surface area contributed by atoms with Gasteiger partial charge in [0.15, 0.2) is 0 Å². The van der Waals surface area contributed by atoms with Crippen LogP contribution in [0.25, 0.3) is 10.9 Å². The highest BCUT2D eigenvalue weighted by molar-refractivity contribution is 5.99. The van der Waals surface area contributed by atoms with E-state index < -0.39 is 0 Å². The molecule has 0 aliphatic carbocycles. The molecule has 0 saturated carbocycles. The van der Waals surface area contributed by atoms with Crippen LogP contribution in [0, 0.1) is 0 Å². The van der Waals surface area contributed by atoms with E-state index >= 15 is 0 Å². The van der Waals surface area contributed by atoms with Gasteiger partial charge in [0.25, 0.3) is 5.91 Å². The van der Waals surface area contributed by atoms with Gasteiger partial charge in [-0.2, -0.15) is 0 Å². The lowest BCUT2D eigenvalue weighted by Gasteiger charge is -2.10. The van der Waals surface area contributed by atoms with Crippen molar-refractivity contribution >= 4 is 22.6 Å². The van der Waals surface area contributed by atoms with Crippen LogP contribution in [0.5, 0.6) is 0 Å². The average Bonchev–Trinajstić information content (AvgIpc) is 3.20. The smallest absolute Gasteiger partial charge is 0.251 e. The molecule has 3 heterocycles. The number of aryl methyl sites for hydroxylation is 1. The molecule has 3 N–H and O–H groups in total. The van der Waals surface area contributed by atoms with Crippen molar-refractivity contribution in [3.63, 3.8) is 0 Å². The molecule has 1 amide bonds. The summed E-state index contributed by atoms with van der Waals surface area (Å²) >= 11 is 0. The number of carbonyl (C=O) groups excluding carboxylic acids is 1. The van der Waals surface area contributed by atoms with Gasteiger partial charge in [0, 0.05) is 60.6 Å². The Bertz CT molecular complexity index is 925. The monoisotopic (exact) mass is 337 g/mol. The van der Waals surface area contributed by atoms with Gasteiger partial charge in [-0.3, -0.25) is 9.78 Å². The van der Waals surface area contributed by atoms with Crippen molar-refractivity contribution < 1.29 is 9.90 Å². The van der Waals surface area contributed by atoms with Crippen molar-refractivity contribution in [2.75, 3.05) is 18.5 Å². The molecular formula is C18H19N5O2. The number of hydrogen-bond acceptors (Lipinski definition) is 5. The van der Waals surface area contributed by atoms with E-state index in [0.717, 1.165) is 34.4 Å². The van der Waals surface area contributed by atoms with E-state index in [9.17, 15) is 4.79 Å². The van der Waals surface area contributed by atoms with Crippen LogP contribution >= 0.6 is 0 Å². The Morgan fingerprint density at radius 1 is 1.40 bits per heavy atom. The SMILES string of the molecule is Cn1cc(C2Cc3nccnc3N2)c2cc(C(=O)NCCO)ccc21. The predicted octanol–water partition coefficient (Wildman–Crippen LogP) is 1.40. The van der Waals surface area contributed by atoms with Gasteiger partial charge in [-0.05, 0) is 18.2 Å². The van der Waals surface area contributed by atoms with E-state index in [1.54, 1.807) is 18.5 Å². The molecule has 0 saturated heterocycles. The Balaban J connectivity index is 1.71. The fourth-order valence-electron chi connectivity index (χ4n) is 3.35. The second-order valence-electron chi connectivity index (χ2n) is 6.16. The first kappa shape index (κ1) is 15.6. The largest absolute Gasteiger partial charge is 0.395 e. The van der Waals surface area contributed by atoms with E-state index in [1.165, 1.54) is 0 Å². The standard InChI is InChI=1S/C18H19N5O2/c1-23-10-13(14-9-15-17(22-14)20-5-4-19-15)12-8-11(2-3-16(12)23)18(25)21-6-7-24/h2-5,8,10,14,24H,6-7,9H2,1H3,(H,20,22)(H,21,25). The molecule has 7 heteroatoms. The lowest BCUT2D eigenvalue weighted by molar-refractivity contribution is 0.0945. The fourth-order valence-corrected chi connectivity index (χ4v) is 3.35. The van der Waals surface area contributed by atoms with Crippen molar-refractivity contribution in [2.24, 2.45) is 7.05 Å². The summed E-state index contributed by atoms with van der Waals surface area (Å²) in [4.78, 5) is 20.9. The Kier molecular flexibility index (Phi) is 3.85. The zero-order valence-corrected chi connectivity index (χ0v) is 13.9. The first-order chi connectivity index (χ1) is 12.2. The number of nitrogens with one attached hydrogen (secondary N) is 2. The van der Waals surface area contributed by atoms with Crippen molar-refractivity contribution in [2.45, 2.75) is 12.5 Å². The van der Waals surface area contributed by atoms with Crippen LogP contribution in [0.3, 0.4) is 0 Å². The lowest BCUT2D eigenvalue weighted by Crippen LogP contribution is -2.26. The molecular weight excluding hydrogens is 318 g/mol. The van der Waals surface area contributed by atoms with Crippen molar-refractivity contribution in [1.29, 1.82) is 0 Å². The summed E-state index contributed by atoms with van der Waals surface area (Å²) in [6.45, 7) is 0.171. The lowest BCUT2D eigenvalue weighted by atomic mass is 10.0. The van der Waals surface area contributed by atoms with E-state index in [4.69, 9.17) is 5.11 Å². The highest BCUT2D eigenvalue weighted by Crippen LogP contribution is 2.35. The zero-order valence-electron chi connectivity index (χ0n) is 13.9. The van der Waals surface area contributed by atoms with Crippen molar-refractivity contribution in [1.82, 2.24) is 19.9 Å². The van der Waals surface area contributed by atoms with E-state index in [1.807, 2.05) is 19.2 Å². The number of hydrogen-bond donors (Lipinski definition) is 3. The summed E-state index contributed by atoms with van der Waals surface area (Å²) in [6, 6.07) is 5.74. The summed E-state index contributed by atoms with van der Waals surface area (Å²) < 4.78 is 2.06. The molecule has 4 rings (SSSR count). The molecule has 1 aliphatic rings. The zero-order chi connectivity index (χ0) is 17.4. The number of amides is 1. The second-order valence-corrected chi connectivity index (χ2v) is 6.16. The van der Waals surface area contributed by atoms with Gasteiger partial charge in [-0.15, -0.1) is 0 Å². The number of aliphatic hydroxyl groups is 1. The minimum Gasteiger partial charge on any atom is -0.395 e. The normalized spacial score (nSPS) is 15.8. The maximum Gasteiger partial charge on any atom is 0.251 e. The molecule has 1 atom stereocenters. The molecule has 0 bridgehead atoms. The third-order valence-corrected chi connectivity index (χ3v) is 4.54. The maximum absolute atomic E-state index is 12.2. The number of nitrogens with zero attached hydrogens (tertiary/aromatic N) is 3. The summed E-state index contributed by atoms with van der Waals surface area (Å²) in [5, 5.41) is 16.0. The van der Waals surface area contributed by atoms with Crippen LogP contribution < -0.4 is 10.6 Å². The van der Waals surface area contributed by atoms with Gasteiger partial charge < -0.3 is 20.3 Å². The molecule has 1 aromatic carbocycles. The number of carbonyl (C=O) groups is 1. The van der Waals surface area contributed by atoms with Crippen molar-refractivity contribution in [3.8, 4) is 0 Å². The number of fused-ring (bicyclic) bond motifs is 2. The van der Waals surface area contributed by atoms with Gasteiger partial charge in [-0.25, -0.2) is 4.98 Å². The van der Waals surface area contributed by atoms with Gasteiger partial charge in [-0.1, -0.05) is 0 Å². The first-order valence-corrected chi connectivity index (χ1v) is 8.22. The highest BCUT2D eigenvalue weighted by atomic mass is 16.3. The number of rotatable bonds is 4. The van der Waals surface area contributed by atoms with Gasteiger partial charge in [0.05, 0.1) is 18.3 Å². The van der Waals surface area contributed by atoms with Crippen LogP contribution in [0.1, 0.15) is 27.7 Å². The Morgan fingerprint density at radius 2 is 2.24 bits per heavy atom. The molecule has 25 heavy (non-hydrogen) atoms. The van der Waals surface area contributed by atoms with Gasteiger partial charge in [0.2, 0.25) is 0 Å². The van der Waals surface area contributed by atoms with Crippen LogP contribution in [0.15, 0.2) is 36.8 Å². The fraction of sp³-hybridized carbons (Fsp3) is 0.278.